The fourth-order valence-corrected chi connectivity index (χ4v) is 4.76. The molecule has 0 bridgehead atoms. The molecule has 38 heavy (non-hydrogen) atoms. The van der Waals surface area contributed by atoms with E-state index in [1.165, 1.54) is 24.3 Å². The van der Waals surface area contributed by atoms with E-state index < -0.39 is 23.4 Å². The number of alkyl halides is 3. The van der Waals surface area contributed by atoms with Gasteiger partial charge in [0, 0.05) is 10.9 Å². The average Bonchev–Trinajstić information content (AvgIpc) is 2.88. The van der Waals surface area contributed by atoms with Gasteiger partial charge in [0.2, 0.25) is 0 Å². The summed E-state index contributed by atoms with van der Waals surface area (Å²) >= 11 is 0. The van der Waals surface area contributed by atoms with Crippen molar-refractivity contribution in [2.45, 2.75) is 64.5 Å². The molecule has 0 unspecified atom stereocenters. The van der Waals surface area contributed by atoms with E-state index >= 15 is 4.39 Å². The van der Waals surface area contributed by atoms with Gasteiger partial charge < -0.3 is 0 Å². The van der Waals surface area contributed by atoms with E-state index in [-0.39, 0.29) is 17.8 Å². The highest BCUT2D eigenvalue weighted by molar-refractivity contribution is 5.84. The second kappa shape index (κ2) is 12.1. The van der Waals surface area contributed by atoms with E-state index in [0.717, 1.165) is 37.0 Å². The SMILES string of the molecule is CCCCCc1cc(F)c(CCc2ccc3c(F)c(CCc4ccc(C(F)(F)F)cc4)ccc3c2)c(F)c1. The molecule has 0 radical (unpaired) electrons. The Morgan fingerprint density at radius 1 is 0.605 bits per heavy atom. The van der Waals surface area contributed by atoms with Gasteiger partial charge in [-0.2, -0.15) is 13.2 Å². The van der Waals surface area contributed by atoms with Gasteiger partial charge in [-0.1, -0.05) is 62.2 Å². The van der Waals surface area contributed by atoms with Crippen LogP contribution in [0, 0.1) is 17.5 Å². The van der Waals surface area contributed by atoms with E-state index in [1.807, 2.05) is 6.07 Å². The topological polar surface area (TPSA) is 0 Å². The highest BCUT2D eigenvalue weighted by Gasteiger charge is 2.29. The van der Waals surface area contributed by atoms with Crippen LogP contribution in [0.3, 0.4) is 0 Å². The van der Waals surface area contributed by atoms with E-state index in [4.69, 9.17) is 0 Å². The molecule has 0 N–H and O–H groups in total. The number of benzene rings is 4. The van der Waals surface area contributed by atoms with E-state index in [9.17, 15) is 22.0 Å². The standard InChI is InChI=1S/C32H30F6/c1-2-3-4-5-23-19-29(33)28(30(34)20-23)17-10-22-9-16-27-25(18-22)13-12-24(31(27)35)11-6-21-7-14-26(15-8-21)32(36,37)38/h7-9,12-16,18-20H,2-6,10-11,17H2,1H3. The summed E-state index contributed by atoms with van der Waals surface area (Å²) in [6.45, 7) is 2.08. The maximum Gasteiger partial charge on any atom is 0.416 e. The third-order valence-electron chi connectivity index (χ3n) is 7.00. The predicted molar refractivity (Wildman–Crippen MR) is 140 cm³/mol. The van der Waals surface area contributed by atoms with Crippen molar-refractivity contribution >= 4 is 10.8 Å². The van der Waals surface area contributed by atoms with Gasteiger partial charge in [0.15, 0.2) is 0 Å². The Morgan fingerprint density at radius 3 is 1.92 bits per heavy atom. The molecule has 0 heterocycles. The minimum absolute atomic E-state index is 0.0640. The maximum absolute atomic E-state index is 15.2. The minimum atomic E-state index is -4.39. The Bertz CT molecular complexity index is 1360. The first-order chi connectivity index (χ1) is 18.2. The fraction of sp³-hybridized carbons (Fsp3) is 0.312. The lowest BCUT2D eigenvalue weighted by Crippen LogP contribution is -2.04. The summed E-state index contributed by atoms with van der Waals surface area (Å²) in [5.41, 5.74) is 2.05. The second-order valence-corrected chi connectivity index (χ2v) is 9.78. The summed E-state index contributed by atoms with van der Waals surface area (Å²) in [5.74, 6) is -1.42. The average molecular weight is 529 g/mol. The molecule has 200 valence electrons. The largest absolute Gasteiger partial charge is 0.416 e. The van der Waals surface area contributed by atoms with Crippen molar-refractivity contribution < 1.29 is 26.3 Å². The lowest BCUT2D eigenvalue weighted by Gasteiger charge is -2.11. The van der Waals surface area contributed by atoms with Gasteiger partial charge in [-0.15, -0.1) is 0 Å². The van der Waals surface area contributed by atoms with Crippen LogP contribution >= 0.6 is 0 Å². The number of fused-ring (bicyclic) bond motifs is 1. The summed E-state index contributed by atoms with van der Waals surface area (Å²) in [7, 11) is 0. The van der Waals surface area contributed by atoms with Crippen molar-refractivity contribution in [3.63, 3.8) is 0 Å². The molecule has 0 aliphatic carbocycles. The molecular weight excluding hydrogens is 498 g/mol. The molecule has 0 aliphatic heterocycles. The number of hydrogen-bond acceptors (Lipinski definition) is 0. The quantitative estimate of drug-likeness (QED) is 0.142. The third kappa shape index (κ3) is 6.77. The summed E-state index contributed by atoms with van der Waals surface area (Å²) < 4.78 is 82.6. The molecule has 0 aliphatic rings. The highest BCUT2D eigenvalue weighted by atomic mass is 19.4. The molecule has 0 saturated heterocycles. The van der Waals surface area contributed by atoms with Crippen molar-refractivity contribution in [1.29, 1.82) is 0 Å². The van der Waals surface area contributed by atoms with Crippen LogP contribution < -0.4 is 0 Å². The van der Waals surface area contributed by atoms with E-state index in [2.05, 4.69) is 6.92 Å². The predicted octanol–water partition coefficient (Wildman–Crippen LogP) is 9.58. The van der Waals surface area contributed by atoms with E-state index in [1.54, 1.807) is 24.3 Å². The first-order valence-corrected chi connectivity index (χ1v) is 13.0. The first-order valence-electron chi connectivity index (χ1n) is 13.0. The smallest absolute Gasteiger partial charge is 0.207 e. The Hall–Kier alpha value is -3.28. The molecule has 6 heteroatoms. The number of rotatable bonds is 10. The van der Waals surface area contributed by atoms with Crippen molar-refractivity contribution in [3.05, 3.63) is 118 Å². The Morgan fingerprint density at radius 2 is 1.26 bits per heavy atom. The van der Waals surface area contributed by atoms with Crippen LogP contribution in [0.5, 0.6) is 0 Å². The fourth-order valence-electron chi connectivity index (χ4n) is 4.76. The molecule has 0 spiro atoms. The van der Waals surface area contributed by atoms with Crippen molar-refractivity contribution in [1.82, 2.24) is 0 Å². The number of unbranched alkanes of at least 4 members (excludes halogenated alkanes) is 2. The van der Waals surface area contributed by atoms with Crippen molar-refractivity contribution in [2.24, 2.45) is 0 Å². The molecule has 0 atom stereocenters. The summed E-state index contributed by atoms with van der Waals surface area (Å²) in [5, 5.41) is 1.12. The minimum Gasteiger partial charge on any atom is -0.207 e. The molecule has 4 aromatic carbocycles. The summed E-state index contributed by atoms with van der Waals surface area (Å²) in [6, 6.07) is 16.5. The molecule has 4 aromatic rings. The zero-order chi connectivity index (χ0) is 27.3. The number of hydrogen-bond donors (Lipinski definition) is 0. The van der Waals surface area contributed by atoms with Crippen LogP contribution in [0.2, 0.25) is 0 Å². The molecular formula is C32H30F6. The van der Waals surface area contributed by atoms with Crippen LogP contribution in [0.25, 0.3) is 10.8 Å². The second-order valence-electron chi connectivity index (χ2n) is 9.78. The third-order valence-corrected chi connectivity index (χ3v) is 7.00. The van der Waals surface area contributed by atoms with Crippen molar-refractivity contribution in [3.8, 4) is 0 Å². The number of aryl methyl sites for hydroxylation is 4. The molecule has 0 saturated carbocycles. The monoisotopic (exact) mass is 528 g/mol. The van der Waals surface area contributed by atoms with Crippen LogP contribution in [0.1, 0.15) is 59.6 Å². The zero-order valence-electron chi connectivity index (χ0n) is 21.3. The van der Waals surface area contributed by atoms with Crippen LogP contribution in [0.15, 0.2) is 66.7 Å². The van der Waals surface area contributed by atoms with Crippen LogP contribution in [-0.2, 0) is 38.3 Å². The Kier molecular flexibility index (Phi) is 8.80. The summed E-state index contributed by atoms with van der Waals surface area (Å²) in [6.07, 6.45) is 0.612. The highest BCUT2D eigenvalue weighted by Crippen LogP contribution is 2.30. The van der Waals surface area contributed by atoms with Gasteiger partial charge in [0.05, 0.1) is 5.56 Å². The molecule has 4 rings (SSSR count). The Labute approximate surface area is 219 Å². The van der Waals surface area contributed by atoms with Gasteiger partial charge in [-0.25, -0.2) is 13.2 Å². The molecule has 0 nitrogen and oxygen atoms in total. The van der Waals surface area contributed by atoms with Gasteiger partial charge in [0.1, 0.15) is 17.5 Å². The van der Waals surface area contributed by atoms with Crippen LogP contribution in [0.4, 0.5) is 26.3 Å². The maximum atomic E-state index is 15.2. The van der Waals surface area contributed by atoms with Gasteiger partial charge in [-0.3, -0.25) is 0 Å². The van der Waals surface area contributed by atoms with Crippen molar-refractivity contribution in [2.75, 3.05) is 0 Å². The van der Waals surface area contributed by atoms with Gasteiger partial charge in [-0.05, 0) is 90.4 Å². The zero-order valence-corrected chi connectivity index (χ0v) is 21.3. The van der Waals surface area contributed by atoms with E-state index in [0.29, 0.717) is 53.1 Å². The lowest BCUT2D eigenvalue weighted by molar-refractivity contribution is -0.137. The molecule has 0 aromatic heterocycles. The summed E-state index contributed by atoms with van der Waals surface area (Å²) in [4.78, 5) is 0. The molecule has 0 fully saturated rings. The normalized spacial score (nSPS) is 11.9. The lowest BCUT2D eigenvalue weighted by atomic mass is 9.96. The molecule has 0 amide bonds. The number of halogens is 6. The van der Waals surface area contributed by atoms with Crippen LogP contribution in [-0.4, -0.2) is 0 Å². The van der Waals surface area contributed by atoms with Gasteiger partial charge >= 0.3 is 6.18 Å². The first kappa shape index (κ1) is 27.7. The van der Waals surface area contributed by atoms with Gasteiger partial charge in [0.25, 0.3) is 0 Å². The Balaban J connectivity index is 1.42.